The number of primary amides is 1. The Morgan fingerprint density at radius 3 is 2.71 bits per heavy atom. The van der Waals surface area contributed by atoms with Crippen LogP contribution in [0.1, 0.15) is 15.9 Å². The first kappa shape index (κ1) is 12.2. The van der Waals surface area contributed by atoms with Crippen LogP contribution in [0.2, 0.25) is 0 Å². The maximum absolute atomic E-state index is 11.2. The van der Waals surface area contributed by atoms with Crippen LogP contribution in [0.5, 0.6) is 0 Å². The second-order valence-corrected chi connectivity index (χ2v) is 4.34. The van der Waals surface area contributed by atoms with Gasteiger partial charge in [-0.25, -0.2) is 0 Å². The summed E-state index contributed by atoms with van der Waals surface area (Å²) in [5.74, 6) is -0.120. The van der Waals surface area contributed by atoms with Crippen LogP contribution in [-0.2, 0) is 5.88 Å². The second-order valence-electron chi connectivity index (χ2n) is 4.08. The van der Waals surface area contributed by atoms with E-state index in [-0.39, 0.29) is 0 Å². The molecule has 0 spiro atoms. The quantitative estimate of drug-likeness (QED) is 0.788. The van der Waals surface area contributed by atoms with Crippen molar-refractivity contribution in [1.29, 1.82) is 0 Å². The molecule has 0 unspecified atom stereocenters. The molecule has 5 heteroatoms. The lowest BCUT2D eigenvalue weighted by Crippen LogP contribution is -2.43. The number of nitrogens with one attached hydrogen (secondary N) is 1. The van der Waals surface area contributed by atoms with E-state index in [0.717, 1.165) is 37.4 Å². The minimum absolute atomic E-state index is 0.304. The Balaban J connectivity index is 2.27. The summed E-state index contributed by atoms with van der Waals surface area (Å²) in [4.78, 5) is 13.5. The molecule has 0 aromatic heterocycles. The first-order valence-electron chi connectivity index (χ1n) is 5.66. The van der Waals surface area contributed by atoms with Gasteiger partial charge in [-0.2, -0.15) is 0 Å². The van der Waals surface area contributed by atoms with E-state index in [1.807, 2.05) is 12.1 Å². The molecule has 3 N–H and O–H groups in total. The van der Waals surface area contributed by atoms with Crippen LogP contribution in [0.3, 0.4) is 0 Å². The summed E-state index contributed by atoms with van der Waals surface area (Å²) in [6.45, 7) is 3.90. The van der Waals surface area contributed by atoms with Gasteiger partial charge < -0.3 is 16.0 Å². The summed E-state index contributed by atoms with van der Waals surface area (Å²) in [5.41, 5.74) is 7.72. The Bertz CT molecular complexity index is 416. The Morgan fingerprint density at radius 1 is 1.41 bits per heavy atom. The monoisotopic (exact) mass is 253 g/mol. The second kappa shape index (κ2) is 5.38. The fraction of sp³-hybridized carbons (Fsp3) is 0.417. The summed E-state index contributed by atoms with van der Waals surface area (Å²) in [5, 5.41) is 3.30. The van der Waals surface area contributed by atoms with Gasteiger partial charge in [0, 0.05) is 43.3 Å². The zero-order chi connectivity index (χ0) is 12.3. The van der Waals surface area contributed by atoms with E-state index >= 15 is 0 Å². The smallest absolute Gasteiger partial charge is 0.249 e. The van der Waals surface area contributed by atoms with Gasteiger partial charge >= 0.3 is 0 Å². The van der Waals surface area contributed by atoms with Crippen molar-refractivity contribution in [2.75, 3.05) is 31.1 Å². The summed E-state index contributed by atoms with van der Waals surface area (Å²) >= 11 is 5.85. The molecule has 0 radical (unpaired) electrons. The maximum atomic E-state index is 11.2. The minimum Gasteiger partial charge on any atom is -0.369 e. The van der Waals surface area contributed by atoms with Gasteiger partial charge in [-0.1, -0.05) is 0 Å². The van der Waals surface area contributed by atoms with Gasteiger partial charge in [0.05, 0.1) is 0 Å². The van der Waals surface area contributed by atoms with Crippen LogP contribution in [-0.4, -0.2) is 32.1 Å². The molecule has 1 saturated heterocycles. The zero-order valence-electron chi connectivity index (χ0n) is 9.58. The number of nitrogens with two attached hydrogens (primary N) is 1. The highest BCUT2D eigenvalue weighted by Crippen LogP contribution is 2.21. The standard InChI is InChI=1S/C12H16ClN3O/c13-8-9-7-10(1-2-11(9)12(14)17)16-5-3-15-4-6-16/h1-2,7,15H,3-6,8H2,(H2,14,17). The minimum atomic E-state index is -0.424. The molecule has 1 fully saturated rings. The molecule has 0 atom stereocenters. The van der Waals surface area contributed by atoms with Crippen molar-refractivity contribution in [2.45, 2.75) is 5.88 Å². The van der Waals surface area contributed by atoms with Crippen molar-refractivity contribution in [3.05, 3.63) is 29.3 Å². The van der Waals surface area contributed by atoms with Crippen LogP contribution in [0.15, 0.2) is 18.2 Å². The fourth-order valence-corrected chi connectivity index (χ4v) is 2.27. The predicted molar refractivity (Wildman–Crippen MR) is 69.6 cm³/mol. The number of anilines is 1. The Morgan fingerprint density at radius 2 is 2.12 bits per heavy atom. The highest BCUT2D eigenvalue weighted by Gasteiger charge is 2.13. The van der Waals surface area contributed by atoms with E-state index in [1.165, 1.54) is 0 Å². The normalized spacial score (nSPS) is 15.9. The SMILES string of the molecule is NC(=O)c1ccc(N2CCNCC2)cc1CCl. The summed E-state index contributed by atoms with van der Waals surface area (Å²) < 4.78 is 0. The van der Waals surface area contributed by atoms with Crippen LogP contribution < -0.4 is 16.0 Å². The van der Waals surface area contributed by atoms with Crippen LogP contribution in [0, 0.1) is 0 Å². The third-order valence-electron chi connectivity index (χ3n) is 2.98. The Kier molecular flexibility index (Phi) is 3.86. The Hall–Kier alpha value is -1.26. The van der Waals surface area contributed by atoms with E-state index in [2.05, 4.69) is 10.2 Å². The first-order valence-corrected chi connectivity index (χ1v) is 6.20. The number of hydrogen-bond donors (Lipinski definition) is 2. The number of amides is 1. The molecule has 4 nitrogen and oxygen atoms in total. The number of hydrogen-bond acceptors (Lipinski definition) is 3. The van der Waals surface area contributed by atoms with Crippen LogP contribution in [0.4, 0.5) is 5.69 Å². The number of benzene rings is 1. The average molecular weight is 254 g/mol. The number of piperazine rings is 1. The number of carbonyl (C=O) groups excluding carboxylic acids is 1. The molecular weight excluding hydrogens is 238 g/mol. The molecule has 1 aliphatic heterocycles. The topological polar surface area (TPSA) is 58.4 Å². The lowest BCUT2D eigenvalue weighted by molar-refractivity contribution is 0.0999. The summed E-state index contributed by atoms with van der Waals surface area (Å²) in [6.07, 6.45) is 0. The molecule has 0 aliphatic carbocycles. The fourth-order valence-electron chi connectivity index (χ4n) is 2.05. The number of nitrogens with zero attached hydrogens (tertiary/aromatic N) is 1. The van der Waals surface area contributed by atoms with Gasteiger partial charge in [0.1, 0.15) is 0 Å². The van der Waals surface area contributed by atoms with Gasteiger partial charge in [0.25, 0.3) is 0 Å². The highest BCUT2D eigenvalue weighted by atomic mass is 35.5. The molecule has 17 heavy (non-hydrogen) atoms. The van der Waals surface area contributed by atoms with Gasteiger partial charge in [-0.3, -0.25) is 4.79 Å². The van der Waals surface area contributed by atoms with E-state index in [1.54, 1.807) is 6.07 Å². The zero-order valence-corrected chi connectivity index (χ0v) is 10.3. The van der Waals surface area contributed by atoms with Crippen molar-refractivity contribution in [3.8, 4) is 0 Å². The van der Waals surface area contributed by atoms with Crippen LogP contribution in [0.25, 0.3) is 0 Å². The molecular formula is C12H16ClN3O. The third kappa shape index (κ3) is 2.70. The molecule has 1 aliphatic rings. The molecule has 1 heterocycles. The third-order valence-corrected chi connectivity index (χ3v) is 3.27. The molecule has 92 valence electrons. The van der Waals surface area contributed by atoms with E-state index < -0.39 is 5.91 Å². The van der Waals surface area contributed by atoms with Crippen molar-refractivity contribution >= 4 is 23.2 Å². The molecule has 1 aromatic carbocycles. The van der Waals surface area contributed by atoms with Crippen LogP contribution >= 0.6 is 11.6 Å². The maximum Gasteiger partial charge on any atom is 0.249 e. The molecule has 0 saturated carbocycles. The number of halogens is 1. The van der Waals surface area contributed by atoms with Gasteiger partial charge in [-0.15, -0.1) is 11.6 Å². The lowest BCUT2D eigenvalue weighted by atomic mass is 10.1. The molecule has 1 aromatic rings. The number of rotatable bonds is 3. The molecule has 1 amide bonds. The highest BCUT2D eigenvalue weighted by molar-refractivity contribution is 6.17. The van der Waals surface area contributed by atoms with Gasteiger partial charge in [-0.05, 0) is 23.8 Å². The van der Waals surface area contributed by atoms with Crippen molar-refractivity contribution in [2.24, 2.45) is 5.73 Å². The number of carbonyl (C=O) groups is 1. The average Bonchev–Trinajstić information content (AvgIpc) is 2.39. The van der Waals surface area contributed by atoms with E-state index in [9.17, 15) is 4.79 Å². The van der Waals surface area contributed by atoms with Gasteiger partial charge in [0.2, 0.25) is 5.91 Å². The Labute approximate surface area is 106 Å². The molecule has 2 rings (SSSR count). The predicted octanol–water partition coefficient (Wildman–Crippen LogP) is 0.934. The van der Waals surface area contributed by atoms with Crippen molar-refractivity contribution in [3.63, 3.8) is 0 Å². The van der Waals surface area contributed by atoms with E-state index in [4.69, 9.17) is 17.3 Å². The van der Waals surface area contributed by atoms with Gasteiger partial charge in [0.15, 0.2) is 0 Å². The molecule has 0 bridgehead atoms. The summed E-state index contributed by atoms with van der Waals surface area (Å²) in [6, 6.07) is 5.65. The number of alkyl halides is 1. The summed E-state index contributed by atoms with van der Waals surface area (Å²) in [7, 11) is 0. The van der Waals surface area contributed by atoms with Crippen molar-refractivity contribution in [1.82, 2.24) is 5.32 Å². The lowest BCUT2D eigenvalue weighted by Gasteiger charge is -2.30. The van der Waals surface area contributed by atoms with Crippen molar-refractivity contribution < 1.29 is 4.79 Å². The first-order chi connectivity index (χ1) is 8.22. The van der Waals surface area contributed by atoms with E-state index in [0.29, 0.717) is 11.4 Å². The largest absolute Gasteiger partial charge is 0.369 e.